The van der Waals surface area contributed by atoms with Crippen molar-refractivity contribution in [3.8, 4) is 0 Å². The number of carbonyl (C=O) groups excluding carboxylic acids is 3. The summed E-state index contributed by atoms with van der Waals surface area (Å²) in [5.41, 5.74) is 1.05. The van der Waals surface area contributed by atoms with Crippen LogP contribution in [0.15, 0.2) is 47.3 Å². The van der Waals surface area contributed by atoms with E-state index in [4.69, 9.17) is 9.47 Å². The lowest BCUT2D eigenvalue weighted by atomic mass is 9.95. The zero-order valence-electron chi connectivity index (χ0n) is 29.8. The Hall–Kier alpha value is -4.20. The maximum Gasteiger partial charge on any atom is 0.272 e. The van der Waals surface area contributed by atoms with E-state index in [0.717, 1.165) is 77.9 Å². The first-order valence-electron chi connectivity index (χ1n) is 18.9. The van der Waals surface area contributed by atoms with Crippen molar-refractivity contribution in [2.75, 3.05) is 72.1 Å². The van der Waals surface area contributed by atoms with E-state index in [0.29, 0.717) is 73.5 Å². The van der Waals surface area contributed by atoms with Crippen LogP contribution in [0.2, 0.25) is 0 Å². The van der Waals surface area contributed by atoms with E-state index < -0.39 is 11.7 Å². The van der Waals surface area contributed by atoms with Crippen LogP contribution in [0.1, 0.15) is 66.6 Å². The molecule has 0 saturated carbocycles. The Morgan fingerprint density at radius 3 is 2.13 bits per heavy atom. The van der Waals surface area contributed by atoms with Crippen molar-refractivity contribution in [2.24, 2.45) is 5.92 Å². The highest BCUT2D eigenvalue weighted by Crippen LogP contribution is 2.25. The third-order valence-corrected chi connectivity index (χ3v) is 11.2. The number of nitrogens with one attached hydrogen (secondary N) is 1. The number of piperidine rings is 2. The first-order valence-corrected chi connectivity index (χ1v) is 18.9. The number of rotatable bonds is 9. The maximum absolute atomic E-state index is 15.0. The minimum atomic E-state index is -0.597. The molecule has 3 aromatic rings. The van der Waals surface area contributed by atoms with Crippen LogP contribution in [0.3, 0.4) is 0 Å². The van der Waals surface area contributed by atoms with Crippen molar-refractivity contribution in [3.63, 3.8) is 0 Å². The lowest BCUT2D eigenvalue weighted by Gasteiger charge is -2.38. The number of ether oxygens (including phenoxy) is 2. The highest BCUT2D eigenvalue weighted by Gasteiger charge is 2.31. The number of fused-ring (bicyclic) bond motifs is 1. The van der Waals surface area contributed by atoms with Gasteiger partial charge in [0.1, 0.15) is 5.82 Å². The molecule has 0 atom stereocenters. The summed E-state index contributed by atoms with van der Waals surface area (Å²) in [5.74, 6) is -0.246. The predicted octanol–water partition coefficient (Wildman–Crippen LogP) is 3.23. The third kappa shape index (κ3) is 8.70. The fourth-order valence-corrected chi connectivity index (χ4v) is 8.01. The average Bonchev–Trinajstić information content (AvgIpc) is 3.18. The first-order chi connectivity index (χ1) is 25.3. The fraction of sp³-hybridized carbons (Fsp3) is 0.564. The maximum atomic E-state index is 15.0. The van der Waals surface area contributed by atoms with Crippen LogP contribution >= 0.6 is 0 Å². The molecule has 4 aliphatic heterocycles. The summed E-state index contributed by atoms with van der Waals surface area (Å²) in [4.78, 5) is 59.2. The van der Waals surface area contributed by atoms with Gasteiger partial charge in [-0.1, -0.05) is 24.3 Å². The van der Waals surface area contributed by atoms with Crippen molar-refractivity contribution in [2.45, 2.75) is 63.6 Å². The quantitative estimate of drug-likeness (QED) is 0.358. The van der Waals surface area contributed by atoms with E-state index in [9.17, 15) is 23.6 Å². The number of piperazine rings is 1. The number of aromatic amines is 1. The molecule has 4 saturated heterocycles. The van der Waals surface area contributed by atoms with Crippen LogP contribution in [-0.2, 0) is 25.5 Å². The molecule has 12 nitrogen and oxygen atoms in total. The van der Waals surface area contributed by atoms with Gasteiger partial charge in [0.25, 0.3) is 11.5 Å². The van der Waals surface area contributed by atoms with Gasteiger partial charge < -0.3 is 24.2 Å². The molecule has 2 aromatic carbocycles. The third-order valence-electron chi connectivity index (χ3n) is 11.2. The number of hydrogen-bond donors (Lipinski definition) is 1. The largest absolute Gasteiger partial charge is 0.381 e. The molecule has 4 fully saturated rings. The van der Waals surface area contributed by atoms with E-state index in [-0.39, 0.29) is 35.1 Å². The van der Waals surface area contributed by atoms with Crippen molar-refractivity contribution in [3.05, 3.63) is 75.5 Å². The number of nitrogens with zero attached hydrogens (tertiary/aromatic N) is 5. The van der Waals surface area contributed by atoms with Gasteiger partial charge in [-0.15, -0.1) is 0 Å². The lowest BCUT2D eigenvalue weighted by Crippen LogP contribution is -2.53. The molecular formula is C39H49FN6O6. The molecule has 7 rings (SSSR count). The monoisotopic (exact) mass is 716 g/mol. The number of hydrogen-bond acceptors (Lipinski definition) is 8. The van der Waals surface area contributed by atoms with Gasteiger partial charge in [0.05, 0.1) is 35.4 Å². The molecule has 13 heteroatoms. The van der Waals surface area contributed by atoms with Gasteiger partial charge in [-0.3, -0.25) is 24.1 Å². The van der Waals surface area contributed by atoms with Crippen LogP contribution in [0.25, 0.3) is 10.8 Å². The van der Waals surface area contributed by atoms with Gasteiger partial charge in [-0.05, 0) is 68.2 Å². The van der Waals surface area contributed by atoms with Crippen LogP contribution in [-0.4, -0.2) is 132 Å². The second-order valence-electron chi connectivity index (χ2n) is 14.7. The summed E-state index contributed by atoms with van der Waals surface area (Å²) in [7, 11) is 0. The fourth-order valence-electron chi connectivity index (χ4n) is 8.01. The summed E-state index contributed by atoms with van der Waals surface area (Å²) < 4.78 is 26.8. The number of amides is 3. The summed E-state index contributed by atoms with van der Waals surface area (Å²) in [6.07, 6.45) is 6.74. The van der Waals surface area contributed by atoms with E-state index in [1.54, 1.807) is 34.1 Å². The molecule has 3 amide bonds. The van der Waals surface area contributed by atoms with Gasteiger partial charge in [0.15, 0.2) is 0 Å². The molecular weight excluding hydrogens is 667 g/mol. The second-order valence-corrected chi connectivity index (χ2v) is 14.7. The number of carbonyl (C=O) groups is 3. The number of aromatic nitrogens is 2. The second kappa shape index (κ2) is 16.6. The van der Waals surface area contributed by atoms with Gasteiger partial charge in [0, 0.05) is 83.8 Å². The summed E-state index contributed by atoms with van der Waals surface area (Å²) in [5, 5.41) is 7.98. The Bertz CT molecular complexity index is 1790. The Morgan fingerprint density at radius 1 is 0.788 bits per heavy atom. The Balaban J connectivity index is 0.827. The average molecular weight is 717 g/mol. The van der Waals surface area contributed by atoms with E-state index in [1.165, 1.54) is 6.07 Å². The van der Waals surface area contributed by atoms with Gasteiger partial charge in [-0.25, -0.2) is 9.49 Å². The Morgan fingerprint density at radius 2 is 1.42 bits per heavy atom. The van der Waals surface area contributed by atoms with Gasteiger partial charge in [0.2, 0.25) is 11.8 Å². The van der Waals surface area contributed by atoms with E-state index in [2.05, 4.69) is 15.1 Å². The summed E-state index contributed by atoms with van der Waals surface area (Å²) in [6.45, 7) is 6.41. The molecule has 1 N–H and O–H groups in total. The molecule has 278 valence electrons. The predicted molar refractivity (Wildman–Crippen MR) is 192 cm³/mol. The van der Waals surface area contributed by atoms with Crippen LogP contribution in [0, 0.1) is 11.7 Å². The Labute approximate surface area is 303 Å². The number of likely N-dealkylation sites (tertiary alicyclic amines) is 2. The van der Waals surface area contributed by atoms with E-state index in [1.807, 2.05) is 17.0 Å². The molecule has 0 unspecified atom stereocenters. The number of benzene rings is 2. The zero-order chi connectivity index (χ0) is 36.0. The standard InChI is InChI=1S/C39H49FN6O6/c40-34-6-5-28(24-35-31-3-1-2-4-32(31)38(49)42-41-35)23-33(34)39(50)46-19-17-45(18-20-46)37(48)26-43-13-7-29(8-14-43)52-30-9-15-44(16-10-30)36(47)25-27-11-21-51-22-12-27/h1-6,23,27,29-30H,7-22,24-26H2,(H,42,49). The molecule has 52 heavy (non-hydrogen) atoms. The molecule has 0 aliphatic carbocycles. The lowest BCUT2D eigenvalue weighted by molar-refractivity contribution is -0.138. The molecule has 0 bridgehead atoms. The number of halogens is 1. The zero-order valence-corrected chi connectivity index (χ0v) is 29.8. The van der Waals surface area contributed by atoms with E-state index >= 15 is 0 Å². The normalized spacial score (nSPS) is 20.1. The van der Waals surface area contributed by atoms with Crippen LogP contribution in [0.4, 0.5) is 4.39 Å². The number of H-pyrrole nitrogens is 1. The first kappa shape index (κ1) is 36.2. The van der Waals surface area contributed by atoms with Crippen molar-refractivity contribution < 1.29 is 28.2 Å². The van der Waals surface area contributed by atoms with Gasteiger partial charge >= 0.3 is 0 Å². The smallest absolute Gasteiger partial charge is 0.272 e. The molecule has 0 spiro atoms. The molecule has 5 heterocycles. The highest BCUT2D eigenvalue weighted by molar-refractivity contribution is 5.95. The summed E-state index contributed by atoms with van der Waals surface area (Å²) >= 11 is 0. The minimum Gasteiger partial charge on any atom is -0.381 e. The molecule has 4 aliphatic rings. The van der Waals surface area contributed by atoms with Crippen molar-refractivity contribution >= 4 is 28.5 Å². The molecule has 0 radical (unpaired) electrons. The topological polar surface area (TPSA) is 128 Å². The SMILES string of the molecule is O=C(CC1CCOCC1)N1CCC(OC2CCN(CC(=O)N3CCN(C(=O)c4cc(Cc5n[nH]c(=O)c6ccccc56)ccc4F)CC3)CC2)CC1. The molecule has 1 aromatic heterocycles. The van der Waals surface area contributed by atoms with Crippen LogP contribution in [0.5, 0.6) is 0 Å². The van der Waals surface area contributed by atoms with Crippen molar-refractivity contribution in [1.82, 2.24) is 29.8 Å². The van der Waals surface area contributed by atoms with Crippen molar-refractivity contribution in [1.29, 1.82) is 0 Å². The van der Waals surface area contributed by atoms with Gasteiger partial charge in [-0.2, -0.15) is 5.10 Å². The Kier molecular flexibility index (Phi) is 11.6. The van der Waals surface area contributed by atoms with Crippen LogP contribution < -0.4 is 5.56 Å². The highest BCUT2D eigenvalue weighted by atomic mass is 19.1. The summed E-state index contributed by atoms with van der Waals surface area (Å²) in [6, 6.07) is 11.7. The minimum absolute atomic E-state index is 0.0132.